The van der Waals surface area contributed by atoms with E-state index < -0.39 is 0 Å². The van der Waals surface area contributed by atoms with Crippen LogP contribution in [-0.2, 0) is 0 Å². The molecule has 1 aromatic heterocycles. The third-order valence-electron chi connectivity index (χ3n) is 0.717. The fourth-order valence-corrected chi connectivity index (χ4v) is 3.24. The summed E-state index contributed by atoms with van der Waals surface area (Å²) in [6.45, 7) is 0. The Balaban J connectivity index is 3.29. The van der Waals surface area contributed by atoms with Gasteiger partial charge in [0.25, 0.3) is 0 Å². The lowest BCUT2D eigenvalue weighted by atomic mass is 10.7. The zero-order chi connectivity index (χ0) is 7.02. The predicted molar refractivity (Wildman–Crippen MR) is 49.7 cm³/mol. The van der Waals surface area contributed by atoms with E-state index >= 15 is 0 Å². The highest BCUT2D eigenvalue weighted by atomic mass is 79.9. The summed E-state index contributed by atoms with van der Waals surface area (Å²) in [5.41, 5.74) is 0. The molecule has 0 bridgehead atoms. The van der Waals surface area contributed by atoms with E-state index in [-0.39, 0.29) is 0 Å². The maximum absolute atomic E-state index is 5.70. The van der Waals surface area contributed by atoms with Crippen LogP contribution >= 0.6 is 66.4 Å². The summed E-state index contributed by atoms with van der Waals surface area (Å²) in [4.78, 5) is 0. The molecule has 0 N–H and O–H groups in total. The van der Waals surface area contributed by atoms with E-state index in [2.05, 4.69) is 31.9 Å². The van der Waals surface area contributed by atoms with Gasteiger partial charge in [-0.2, -0.15) is 0 Å². The van der Waals surface area contributed by atoms with Crippen molar-refractivity contribution in [2.45, 2.75) is 0 Å². The Morgan fingerprint density at radius 1 is 1.22 bits per heavy atom. The monoisotopic (exact) mass is 308 g/mol. The molecule has 0 aliphatic rings. The van der Waals surface area contributed by atoms with Gasteiger partial charge in [-0.3, -0.25) is 0 Å². The quantitative estimate of drug-likeness (QED) is 0.658. The van der Waals surface area contributed by atoms with Gasteiger partial charge >= 0.3 is 0 Å². The van der Waals surface area contributed by atoms with Crippen LogP contribution in [0.3, 0.4) is 0 Å². The lowest BCUT2D eigenvalue weighted by Gasteiger charge is -1.81. The highest BCUT2D eigenvalue weighted by Crippen LogP contribution is 2.43. The van der Waals surface area contributed by atoms with Gasteiger partial charge in [0, 0.05) is 0 Å². The van der Waals surface area contributed by atoms with E-state index in [0.717, 1.165) is 8.26 Å². The van der Waals surface area contributed by atoms with Crippen molar-refractivity contribution in [2.24, 2.45) is 0 Å². The van der Waals surface area contributed by atoms with Gasteiger partial charge in [-0.25, -0.2) is 0 Å². The van der Waals surface area contributed by atoms with Gasteiger partial charge in [0.2, 0.25) is 0 Å². The van der Waals surface area contributed by atoms with Crippen molar-refractivity contribution in [1.82, 2.24) is 0 Å². The molecule has 0 aliphatic carbocycles. The molecule has 50 valence electrons. The average molecular weight is 311 g/mol. The Morgan fingerprint density at radius 3 is 1.89 bits per heavy atom. The predicted octanol–water partition coefficient (Wildman–Crippen LogP) is 4.58. The van der Waals surface area contributed by atoms with Gasteiger partial charge in [-0.15, -0.1) is 11.3 Å². The molecule has 0 aromatic carbocycles. The van der Waals surface area contributed by atoms with E-state index in [0.29, 0.717) is 9.36 Å². The summed E-state index contributed by atoms with van der Waals surface area (Å²) in [7, 11) is 0. The fraction of sp³-hybridized carbons (Fsp3) is 0. The lowest BCUT2D eigenvalue weighted by Crippen LogP contribution is -1.53. The Bertz CT molecular complexity index is 210. The normalized spacial score (nSPS) is 10.2. The topological polar surface area (TPSA) is 0 Å². The minimum Gasteiger partial charge on any atom is -0.113 e. The summed E-state index contributed by atoms with van der Waals surface area (Å²) in [6.07, 6.45) is 0. The number of thiophene rings is 1. The van der Waals surface area contributed by atoms with Gasteiger partial charge in [-0.1, -0.05) is 23.2 Å². The van der Waals surface area contributed by atoms with Crippen LogP contribution in [0, 0.1) is 0 Å². The van der Waals surface area contributed by atoms with Crippen LogP contribution in [0.25, 0.3) is 0 Å². The zero-order valence-electron chi connectivity index (χ0n) is 3.92. The molecular formula is C4Br2Cl2S. The minimum atomic E-state index is 0.577. The molecule has 0 amide bonds. The first-order chi connectivity index (χ1) is 4.13. The molecule has 0 saturated carbocycles. The number of hydrogen-bond donors (Lipinski definition) is 0. The highest BCUT2D eigenvalue weighted by molar-refractivity contribution is 9.13. The summed E-state index contributed by atoms with van der Waals surface area (Å²) < 4.78 is 2.37. The second-order valence-corrected chi connectivity index (χ2v) is 5.39. The summed E-state index contributed by atoms with van der Waals surface area (Å²) in [5.74, 6) is 0. The van der Waals surface area contributed by atoms with Crippen molar-refractivity contribution in [3.05, 3.63) is 17.6 Å². The van der Waals surface area contributed by atoms with Crippen LogP contribution in [0.4, 0.5) is 0 Å². The maximum atomic E-state index is 5.70. The molecule has 1 heterocycles. The molecule has 9 heavy (non-hydrogen) atoms. The average Bonchev–Trinajstić information content (AvgIpc) is 1.98. The van der Waals surface area contributed by atoms with Crippen LogP contribution in [-0.4, -0.2) is 0 Å². The smallest absolute Gasteiger partial charge is 0.113 e. The molecule has 0 unspecified atom stereocenters. The Morgan fingerprint density at radius 2 is 1.78 bits per heavy atom. The summed E-state index contributed by atoms with van der Waals surface area (Å²) in [6, 6.07) is 0. The van der Waals surface area contributed by atoms with Crippen molar-refractivity contribution >= 4 is 66.4 Å². The molecule has 1 aromatic rings. The summed E-state index contributed by atoms with van der Waals surface area (Å²) in [5, 5.41) is 0.577. The Labute approximate surface area is 83.4 Å². The third-order valence-corrected chi connectivity index (χ3v) is 5.19. The van der Waals surface area contributed by atoms with Crippen LogP contribution in [0.5, 0.6) is 0 Å². The largest absolute Gasteiger partial charge is 0.114 e. The molecule has 0 spiro atoms. The second kappa shape index (κ2) is 3.09. The van der Waals surface area contributed by atoms with E-state index in [1.165, 1.54) is 11.3 Å². The molecule has 5 heteroatoms. The highest BCUT2D eigenvalue weighted by Gasteiger charge is 2.09. The fourth-order valence-electron chi connectivity index (χ4n) is 0.341. The van der Waals surface area contributed by atoms with E-state index in [1.54, 1.807) is 0 Å². The minimum absolute atomic E-state index is 0.577. The SMILES string of the molecule is Clc1sc(Br)c(Br)c1Cl. The van der Waals surface area contributed by atoms with Crippen molar-refractivity contribution in [3.63, 3.8) is 0 Å². The van der Waals surface area contributed by atoms with E-state index in [4.69, 9.17) is 23.2 Å². The molecule has 1 rings (SSSR count). The number of hydrogen-bond acceptors (Lipinski definition) is 1. The van der Waals surface area contributed by atoms with Crippen molar-refractivity contribution in [2.75, 3.05) is 0 Å². The van der Waals surface area contributed by atoms with Crippen molar-refractivity contribution in [3.8, 4) is 0 Å². The lowest BCUT2D eigenvalue weighted by molar-refractivity contribution is 1.83. The first kappa shape index (κ1) is 8.34. The van der Waals surface area contributed by atoms with Gasteiger partial charge in [0.15, 0.2) is 0 Å². The third kappa shape index (κ3) is 1.63. The van der Waals surface area contributed by atoms with Crippen LogP contribution in [0.15, 0.2) is 8.26 Å². The summed E-state index contributed by atoms with van der Waals surface area (Å²) >= 11 is 19.3. The van der Waals surface area contributed by atoms with Gasteiger partial charge in [0.1, 0.15) is 4.34 Å². The molecule has 0 atom stereocenters. The number of halogens is 4. The van der Waals surface area contributed by atoms with Gasteiger partial charge < -0.3 is 0 Å². The molecule has 0 radical (unpaired) electrons. The van der Waals surface area contributed by atoms with Crippen molar-refractivity contribution in [1.29, 1.82) is 0 Å². The first-order valence-electron chi connectivity index (χ1n) is 1.91. The second-order valence-electron chi connectivity index (χ2n) is 1.28. The van der Waals surface area contributed by atoms with E-state index in [9.17, 15) is 0 Å². The van der Waals surface area contributed by atoms with Crippen LogP contribution in [0.1, 0.15) is 0 Å². The molecule has 0 nitrogen and oxygen atoms in total. The van der Waals surface area contributed by atoms with E-state index in [1.807, 2.05) is 0 Å². The maximum Gasteiger partial charge on any atom is 0.114 e. The zero-order valence-corrected chi connectivity index (χ0v) is 9.42. The van der Waals surface area contributed by atoms with Gasteiger partial charge in [-0.05, 0) is 31.9 Å². The van der Waals surface area contributed by atoms with Crippen LogP contribution in [0.2, 0.25) is 9.36 Å². The van der Waals surface area contributed by atoms with Crippen LogP contribution < -0.4 is 0 Å². The Kier molecular flexibility index (Phi) is 2.87. The van der Waals surface area contributed by atoms with Crippen molar-refractivity contribution < 1.29 is 0 Å². The molecule has 0 aliphatic heterocycles. The molecular weight excluding hydrogens is 311 g/mol. The molecule has 0 fully saturated rings. The Hall–Kier alpha value is 1.24. The number of rotatable bonds is 0. The standard InChI is InChI=1S/C4Br2Cl2S/c5-1-2(7)4(8)9-3(1)6. The van der Waals surface area contributed by atoms with Gasteiger partial charge in [0.05, 0.1) is 13.3 Å². The first-order valence-corrected chi connectivity index (χ1v) is 5.07. The molecule has 0 saturated heterocycles.